The van der Waals surface area contributed by atoms with Crippen LogP contribution in [0.3, 0.4) is 0 Å². The van der Waals surface area contributed by atoms with E-state index in [1.165, 1.54) is 6.07 Å². The van der Waals surface area contributed by atoms with E-state index >= 15 is 0 Å². The minimum atomic E-state index is -0.183. The van der Waals surface area contributed by atoms with Gasteiger partial charge in [-0.05, 0) is 71.7 Å². The molecule has 0 amide bonds. The van der Waals surface area contributed by atoms with E-state index in [4.69, 9.17) is 5.73 Å². The number of rotatable bonds is 8. The first kappa shape index (κ1) is 17.1. The van der Waals surface area contributed by atoms with E-state index in [1.54, 1.807) is 12.1 Å². The minimum Gasteiger partial charge on any atom is -0.329 e. The largest absolute Gasteiger partial charge is 0.329 e. The van der Waals surface area contributed by atoms with Gasteiger partial charge in [-0.1, -0.05) is 12.1 Å². The zero-order valence-electron chi connectivity index (χ0n) is 13.2. The van der Waals surface area contributed by atoms with Crippen molar-refractivity contribution >= 4 is 0 Å². The van der Waals surface area contributed by atoms with E-state index in [0.29, 0.717) is 6.54 Å². The molecule has 3 nitrogen and oxygen atoms in total. The van der Waals surface area contributed by atoms with Gasteiger partial charge in [0, 0.05) is 12.1 Å². The number of likely N-dealkylation sites (N-methyl/N-ethyl adjacent to an activating group) is 1. The SMILES string of the molecule is CN(C)CCCN(C)C(C)(CN)Cc1cccc(F)c1. The highest BCUT2D eigenvalue weighted by atomic mass is 19.1. The quantitative estimate of drug-likeness (QED) is 0.791. The molecule has 0 spiro atoms. The molecule has 0 saturated heterocycles. The van der Waals surface area contributed by atoms with E-state index in [1.807, 2.05) is 6.07 Å². The van der Waals surface area contributed by atoms with Crippen LogP contribution in [-0.2, 0) is 6.42 Å². The third kappa shape index (κ3) is 5.19. The number of nitrogens with zero attached hydrogens (tertiary/aromatic N) is 2. The molecule has 1 rings (SSSR count). The van der Waals surface area contributed by atoms with Crippen LogP contribution < -0.4 is 5.73 Å². The molecule has 0 aliphatic rings. The van der Waals surface area contributed by atoms with E-state index < -0.39 is 0 Å². The van der Waals surface area contributed by atoms with Crippen LogP contribution >= 0.6 is 0 Å². The topological polar surface area (TPSA) is 32.5 Å². The van der Waals surface area contributed by atoms with E-state index in [9.17, 15) is 4.39 Å². The standard InChI is InChI=1S/C16H28FN3/c1-16(13-18,20(4)10-6-9-19(2)3)12-14-7-5-8-15(17)11-14/h5,7-8,11H,6,9-10,12-13,18H2,1-4H3. The summed E-state index contributed by atoms with van der Waals surface area (Å²) < 4.78 is 13.3. The van der Waals surface area contributed by atoms with Crippen molar-refractivity contribution in [3.8, 4) is 0 Å². The summed E-state index contributed by atoms with van der Waals surface area (Å²) in [7, 11) is 6.26. The zero-order valence-corrected chi connectivity index (χ0v) is 13.2. The molecule has 1 aromatic carbocycles. The first-order chi connectivity index (χ1) is 9.37. The molecule has 0 saturated carbocycles. The van der Waals surface area contributed by atoms with Crippen molar-refractivity contribution in [1.82, 2.24) is 9.80 Å². The fraction of sp³-hybridized carbons (Fsp3) is 0.625. The smallest absolute Gasteiger partial charge is 0.123 e. The summed E-state index contributed by atoms with van der Waals surface area (Å²) in [6.45, 7) is 4.75. The fourth-order valence-electron chi connectivity index (χ4n) is 2.34. The van der Waals surface area contributed by atoms with Gasteiger partial charge in [-0.2, -0.15) is 0 Å². The Hall–Kier alpha value is -0.970. The van der Waals surface area contributed by atoms with Gasteiger partial charge in [-0.3, -0.25) is 4.90 Å². The van der Waals surface area contributed by atoms with E-state index in [-0.39, 0.29) is 11.4 Å². The van der Waals surface area contributed by atoms with Gasteiger partial charge < -0.3 is 10.6 Å². The van der Waals surface area contributed by atoms with Gasteiger partial charge in [-0.15, -0.1) is 0 Å². The molecule has 20 heavy (non-hydrogen) atoms. The van der Waals surface area contributed by atoms with Crippen molar-refractivity contribution in [3.05, 3.63) is 35.6 Å². The third-order valence-corrected chi connectivity index (χ3v) is 3.93. The number of nitrogens with two attached hydrogens (primary N) is 1. The monoisotopic (exact) mass is 281 g/mol. The summed E-state index contributed by atoms with van der Waals surface area (Å²) in [5.74, 6) is -0.183. The molecular weight excluding hydrogens is 253 g/mol. The number of hydrogen-bond acceptors (Lipinski definition) is 3. The molecule has 1 unspecified atom stereocenters. The maximum Gasteiger partial charge on any atom is 0.123 e. The van der Waals surface area contributed by atoms with Crippen molar-refractivity contribution < 1.29 is 4.39 Å². The molecule has 0 bridgehead atoms. The number of hydrogen-bond donors (Lipinski definition) is 1. The van der Waals surface area contributed by atoms with Crippen LogP contribution in [0.25, 0.3) is 0 Å². The normalized spacial score (nSPS) is 14.8. The van der Waals surface area contributed by atoms with Crippen molar-refractivity contribution in [2.75, 3.05) is 40.8 Å². The number of halogens is 1. The molecule has 0 aliphatic heterocycles. The summed E-state index contributed by atoms with van der Waals surface area (Å²) >= 11 is 0. The molecular formula is C16H28FN3. The summed E-state index contributed by atoms with van der Waals surface area (Å²) in [6.07, 6.45) is 1.86. The lowest BCUT2D eigenvalue weighted by Crippen LogP contribution is -2.51. The molecule has 1 atom stereocenters. The second kappa shape index (κ2) is 7.72. The Bertz CT molecular complexity index is 408. The summed E-state index contributed by atoms with van der Waals surface area (Å²) in [6, 6.07) is 6.80. The Labute approximate surface area is 122 Å². The Morgan fingerprint density at radius 3 is 2.45 bits per heavy atom. The van der Waals surface area contributed by atoms with Crippen molar-refractivity contribution in [1.29, 1.82) is 0 Å². The van der Waals surface area contributed by atoms with Gasteiger partial charge in [0.25, 0.3) is 0 Å². The van der Waals surface area contributed by atoms with Gasteiger partial charge in [0.2, 0.25) is 0 Å². The molecule has 2 N–H and O–H groups in total. The Kier molecular flexibility index (Phi) is 6.59. The summed E-state index contributed by atoms with van der Waals surface area (Å²) in [5, 5.41) is 0. The van der Waals surface area contributed by atoms with Crippen molar-refractivity contribution in [2.45, 2.75) is 25.3 Å². The highest BCUT2D eigenvalue weighted by Gasteiger charge is 2.27. The van der Waals surface area contributed by atoms with Crippen LogP contribution in [0, 0.1) is 5.82 Å². The lowest BCUT2D eigenvalue weighted by molar-refractivity contribution is 0.138. The lowest BCUT2D eigenvalue weighted by Gasteiger charge is -2.38. The lowest BCUT2D eigenvalue weighted by atomic mass is 9.91. The number of benzene rings is 1. The fourth-order valence-corrected chi connectivity index (χ4v) is 2.34. The zero-order chi connectivity index (χ0) is 15.2. The van der Waals surface area contributed by atoms with Gasteiger partial charge in [0.1, 0.15) is 5.82 Å². The summed E-state index contributed by atoms with van der Waals surface area (Å²) in [5.41, 5.74) is 6.84. The Balaban J connectivity index is 2.65. The van der Waals surface area contributed by atoms with Crippen LogP contribution in [0.15, 0.2) is 24.3 Å². The Morgan fingerprint density at radius 1 is 1.20 bits per heavy atom. The molecule has 0 fully saturated rings. The average molecular weight is 281 g/mol. The Morgan fingerprint density at radius 2 is 1.90 bits per heavy atom. The van der Waals surface area contributed by atoms with Gasteiger partial charge in [0.15, 0.2) is 0 Å². The van der Waals surface area contributed by atoms with E-state index in [2.05, 4.69) is 37.9 Å². The van der Waals surface area contributed by atoms with Gasteiger partial charge in [0.05, 0.1) is 0 Å². The van der Waals surface area contributed by atoms with Crippen molar-refractivity contribution in [3.63, 3.8) is 0 Å². The molecule has 4 heteroatoms. The molecule has 0 aromatic heterocycles. The highest BCUT2D eigenvalue weighted by molar-refractivity contribution is 5.19. The van der Waals surface area contributed by atoms with Crippen LogP contribution in [-0.4, -0.2) is 56.1 Å². The van der Waals surface area contributed by atoms with E-state index in [0.717, 1.165) is 31.5 Å². The highest BCUT2D eigenvalue weighted by Crippen LogP contribution is 2.19. The van der Waals surface area contributed by atoms with Crippen molar-refractivity contribution in [2.24, 2.45) is 5.73 Å². The minimum absolute atomic E-state index is 0.139. The molecule has 0 aliphatic carbocycles. The van der Waals surface area contributed by atoms with Crippen LogP contribution in [0.1, 0.15) is 18.9 Å². The maximum atomic E-state index is 13.3. The maximum absolute atomic E-state index is 13.3. The van der Waals surface area contributed by atoms with Crippen LogP contribution in [0.4, 0.5) is 4.39 Å². The first-order valence-electron chi connectivity index (χ1n) is 7.18. The summed E-state index contributed by atoms with van der Waals surface area (Å²) in [4.78, 5) is 4.47. The second-order valence-corrected chi connectivity index (χ2v) is 6.09. The molecule has 0 heterocycles. The molecule has 1 aromatic rings. The first-order valence-corrected chi connectivity index (χ1v) is 7.18. The molecule has 114 valence electrons. The van der Waals surface area contributed by atoms with Crippen LogP contribution in [0.5, 0.6) is 0 Å². The van der Waals surface area contributed by atoms with Crippen LogP contribution in [0.2, 0.25) is 0 Å². The predicted molar refractivity (Wildman–Crippen MR) is 83.4 cm³/mol. The van der Waals surface area contributed by atoms with Gasteiger partial charge in [-0.25, -0.2) is 4.39 Å². The predicted octanol–water partition coefficient (Wildman–Crippen LogP) is 1.97. The molecule has 0 radical (unpaired) electrons. The average Bonchev–Trinajstić information content (AvgIpc) is 2.38. The van der Waals surface area contributed by atoms with Gasteiger partial charge >= 0.3 is 0 Å². The third-order valence-electron chi connectivity index (χ3n) is 3.93. The second-order valence-electron chi connectivity index (χ2n) is 6.09.